The summed E-state index contributed by atoms with van der Waals surface area (Å²) >= 11 is 0. The predicted octanol–water partition coefficient (Wildman–Crippen LogP) is 0.0281. The first-order valence-electron chi connectivity index (χ1n) is 1.10. The molecule has 0 unspecified atom stereocenters. The maximum atomic E-state index is 11.3. The number of halogens is 1. The Morgan fingerprint density at radius 1 is 1.29 bits per heavy atom. The summed E-state index contributed by atoms with van der Waals surface area (Å²) in [5.41, 5.74) is 0. The Labute approximate surface area is 50.4 Å². The minimum Gasteiger partial charge on any atom is 0 e. The normalized spacial score (nSPS) is 36.7. The van der Waals surface area contributed by atoms with E-state index in [1.807, 2.05) is 0 Å². The van der Waals surface area contributed by atoms with Gasteiger partial charge < -0.3 is 0 Å². The molecule has 0 saturated carbocycles. The second-order valence-corrected chi connectivity index (χ2v) is 2.79. The second kappa shape index (κ2) is 1.39. The summed E-state index contributed by atoms with van der Waals surface area (Å²) < 4.78 is 17.6. The van der Waals surface area contributed by atoms with Crippen LogP contribution in [0, 0.1) is 0 Å². The number of hydrogen-bond acceptors (Lipinski definition) is 4. The van der Waals surface area contributed by atoms with Crippen molar-refractivity contribution in [2.24, 2.45) is 0 Å². The largest absolute Gasteiger partial charge is 0 e. The molecule has 0 spiro atoms. The summed E-state index contributed by atoms with van der Waals surface area (Å²) in [4.78, 5) is 15.3. The van der Waals surface area contributed by atoms with Crippen LogP contribution in [0.2, 0.25) is 0 Å². The molecule has 1 heterocycles. The van der Waals surface area contributed by atoms with Gasteiger partial charge in [0, 0.05) is 18.6 Å². The van der Waals surface area contributed by atoms with Gasteiger partial charge in [0.2, 0.25) is 0 Å². The van der Waals surface area contributed by atoms with Crippen molar-refractivity contribution < 1.29 is 41.9 Å². The van der Waals surface area contributed by atoms with E-state index in [9.17, 15) is 4.20 Å². The molecular formula is H2FO4PV. The summed E-state index contributed by atoms with van der Waals surface area (Å²) in [6.07, 6.45) is 0. The Morgan fingerprint density at radius 2 is 1.43 bits per heavy atom. The van der Waals surface area contributed by atoms with Gasteiger partial charge >= 0.3 is 31.2 Å². The van der Waals surface area contributed by atoms with E-state index >= 15 is 0 Å². The summed E-state index contributed by atoms with van der Waals surface area (Å²) in [5.74, 6) is 0. The van der Waals surface area contributed by atoms with Gasteiger partial charge in [0.05, 0.1) is 0 Å². The van der Waals surface area contributed by atoms with Crippen molar-refractivity contribution in [3.8, 4) is 0 Å². The molecule has 1 aliphatic rings. The molecule has 2 N–H and O–H groups in total. The summed E-state index contributed by atoms with van der Waals surface area (Å²) in [6, 6.07) is 0. The second-order valence-electron chi connectivity index (χ2n) is 0.929. The van der Waals surface area contributed by atoms with Crippen LogP contribution in [0.15, 0.2) is 0 Å². The molecule has 1 saturated heterocycles. The van der Waals surface area contributed by atoms with Gasteiger partial charge in [-0.3, -0.25) is 0 Å². The van der Waals surface area contributed by atoms with Crippen LogP contribution in [0.5, 0.6) is 0 Å². The quantitative estimate of drug-likeness (QED) is 0.303. The molecule has 0 aromatic rings. The molecule has 0 bridgehead atoms. The van der Waals surface area contributed by atoms with E-state index in [4.69, 9.17) is 9.79 Å². The third kappa shape index (κ3) is 2.56. The van der Waals surface area contributed by atoms with Crippen molar-refractivity contribution in [1.82, 2.24) is 0 Å². The van der Waals surface area contributed by atoms with E-state index < -0.39 is 7.82 Å². The zero-order valence-electron chi connectivity index (χ0n) is 2.98. The fourth-order valence-corrected chi connectivity index (χ4v) is 0.382. The molecule has 4 nitrogen and oxygen atoms in total. The minimum atomic E-state index is -5.30. The van der Waals surface area contributed by atoms with Crippen molar-refractivity contribution in [3.63, 3.8) is 0 Å². The van der Waals surface area contributed by atoms with Gasteiger partial charge in [-0.2, -0.15) is 0 Å². The van der Waals surface area contributed by atoms with Crippen LogP contribution >= 0.6 is 7.82 Å². The first-order chi connectivity index (χ1) is 2.47. The van der Waals surface area contributed by atoms with E-state index in [1.165, 1.54) is 0 Å². The van der Waals surface area contributed by atoms with E-state index in [-0.39, 0.29) is 18.6 Å². The third-order valence-electron chi connectivity index (χ3n) is 0.264. The van der Waals surface area contributed by atoms with Crippen LogP contribution in [-0.4, -0.2) is 9.79 Å². The molecule has 1 rings (SSSR count). The SMILES string of the molecule is OP1(O)(F)OO1.[V]. The van der Waals surface area contributed by atoms with Crippen LogP contribution in [0.4, 0.5) is 4.20 Å². The fourth-order valence-electron chi connectivity index (χ4n) is 0.0424. The van der Waals surface area contributed by atoms with E-state index in [0.717, 1.165) is 0 Å². The predicted molar refractivity (Wildman–Crippen MR) is 14.6 cm³/mol. The Bertz CT molecular complexity index is 75.4. The summed E-state index contributed by atoms with van der Waals surface area (Å²) in [6.45, 7) is 0. The molecule has 7 heavy (non-hydrogen) atoms. The van der Waals surface area contributed by atoms with Gasteiger partial charge in [-0.15, -0.1) is 0 Å². The van der Waals surface area contributed by atoms with Crippen LogP contribution in [-0.2, 0) is 27.9 Å². The van der Waals surface area contributed by atoms with Gasteiger partial charge in [0.15, 0.2) is 0 Å². The minimum absolute atomic E-state index is 0. The van der Waals surface area contributed by atoms with Crippen molar-refractivity contribution in [1.29, 1.82) is 0 Å². The van der Waals surface area contributed by atoms with Gasteiger partial charge in [-0.1, -0.05) is 0 Å². The van der Waals surface area contributed by atoms with Crippen molar-refractivity contribution >= 4 is 7.82 Å². The molecular weight excluding hydrogens is 165 g/mol. The van der Waals surface area contributed by atoms with Crippen molar-refractivity contribution in [2.75, 3.05) is 0 Å². The molecule has 0 atom stereocenters. The van der Waals surface area contributed by atoms with Gasteiger partial charge in [-0.25, -0.2) is 0 Å². The van der Waals surface area contributed by atoms with Gasteiger partial charge in [0.1, 0.15) is 0 Å². The fraction of sp³-hybridized carbons (Fsp3) is 0. The first-order valence-corrected chi connectivity index (χ1v) is 2.97. The van der Waals surface area contributed by atoms with Gasteiger partial charge in [0.25, 0.3) is 0 Å². The molecule has 0 aromatic carbocycles. The maximum Gasteiger partial charge on any atom is 0 e. The van der Waals surface area contributed by atoms with Crippen LogP contribution < -0.4 is 0 Å². The molecule has 1 radical (unpaired) electrons. The number of rotatable bonds is 0. The Morgan fingerprint density at radius 3 is 1.43 bits per heavy atom. The average Bonchev–Trinajstić information content (AvgIpc) is 1.73. The zero-order valence-corrected chi connectivity index (χ0v) is 5.27. The van der Waals surface area contributed by atoms with E-state index in [2.05, 4.69) is 9.35 Å². The molecule has 7 heteroatoms. The first kappa shape index (κ1) is 7.78. The van der Waals surface area contributed by atoms with Crippen molar-refractivity contribution in [2.45, 2.75) is 0 Å². The Kier molecular flexibility index (Phi) is 1.54. The molecule has 1 fully saturated rings. The van der Waals surface area contributed by atoms with E-state index in [1.54, 1.807) is 0 Å². The topological polar surface area (TPSA) is 65.5 Å². The van der Waals surface area contributed by atoms with Gasteiger partial charge in [-0.05, 0) is 0 Å². The summed E-state index contributed by atoms with van der Waals surface area (Å²) in [5, 5.41) is 0. The van der Waals surface area contributed by atoms with Crippen molar-refractivity contribution in [3.05, 3.63) is 0 Å². The average molecular weight is 167 g/mol. The Balaban J connectivity index is 0.000000360. The molecule has 0 amide bonds. The standard InChI is InChI=1S/FH2O4P.V/c1-6(2,3)4-5-6;/h2-3H;. The molecule has 0 aliphatic carbocycles. The number of hydrogen-bond donors (Lipinski definition) is 2. The smallest absolute Gasteiger partial charge is 0 e. The maximum absolute atomic E-state index is 11.3. The molecule has 1 aliphatic heterocycles. The van der Waals surface area contributed by atoms with E-state index in [0.29, 0.717) is 0 Å². The zero-order chi connectivity index (χ0) is 4.86. The molecule has 43 valence electrons. The summed E-state index contributed by atoms with van der Waals surface area (Å²) in [7, 11) is -5.30. The van der Waals surface area contributed by atoms with Crippen LogP contribution in [0.25, 0.3) is 0 Å². The third-order valence-corrected chi connectivity index (χ3v) is 0.793. The monoisotopic (exact) mass is 167 g/mol. The Hall–Kier alpha value is 0.784. The van der Waals surface area contributed by atoms with Crippen LogP contribution in [0.3, 0.4) is 0 Å². The molecule has 0 aromatic heterocycles. The van der Waals surface area contributed by atoms with Crippen LogP contribution in [0.1, 0.15) is 0 Å².